The van der Waals surface area contributed by atoms with Gasteiger partial charge in [-0.3, -0.25) is 9.69 Å². The topological polar surface area (TPSA) is 52.6 Å². The molecular weight excluding hydrogens is 283 g/mol. The first-order valence-electron chi connectivity index (χ1n) is 7.86. The van der Waals surface area contributed by atoms with E-state index in [0.29, 0.717) is 29.8 Å². The molecule has 0 unspecified atom stereocenters. The molecule has 1 amide bonds. The highest BCUT2D eigenvalue weighted by atomic mass is 19.1. The van der Waals surface area contributed by atoms with Crippen LogP contribution in [0.3, 0.4) is 0 Å². The van der Waals surface area contributed by atoms with Crippen LogP contribution in [0.1, 0.15) is 31.2 Å². The van der Waals surface area contributed by atoms with Gasteiger partial charge in [0.2, 0.25) is 5.91 Å². The van der Waals surface area contributed by atoms with Crippen molar-refractivity contribution in [3.05, 3.63) is 29.6 Å². The van der Waals surface area contributed by atoms with E-state index in [1.807, 2.05) is 11.9 Å². The molecule has 1 aromatic rings. The predicted octanol–water partition coefficient (Wildman–Crippen LogP) is 2.56. The van der Waals surface area contributed by atoms with Gasteiger partial charge in [0.25, 0.3) is 0 Å². The van der Waals surface area contributed by atoms with Gasteiger partial charge in [-0.1, -0.05) is 6.07 Å². The van der Waals surface area contributed by atoms with Gasteiger partial charge in [-0.25, -0.2) is 4.39 Å². The van der Waals surface area contributed by atoms with Crippen molar-refractivity contribution in [1.82, 2.24) is 4.90 Å². The minimum Gasteiger partial charge on any atom is -0.396 e. The van der Waals surface area contributed by atoms with Gasteiger partial charge in [0.15, 0.2) is 0 Å². The number of hydrogen-bond donors (Lipinski definition) is 2. The molecule has 0 atom stereocenters. The van der Waals surface area contributed by atoms with E-state index in [1.54, 1.807) is 19.1 Å². The number of aliphatic hydroxyl groups excluding tert-OH is 1. The minimum absolute atomic E-state index is 0.130. The number of carbonyl (C=O) groups excluding carboxylic acids is 1. The second kappa shape index (κ2) is 7.70. The third-order valence-electron chi connectivity index (χ3n) is 4.55. The molecule has 1 fully saturated rings. The molecule has 1 aromatic carbocycles. The molecule has 0 radical (unpaired) electrons. The molecular formula is C17H25FN2O2. The second-order valence-corrected chi connectivity index (χ2v) is 6.28. The molecule has 1 aliphatic rings. The van der Waals surface area contributed by atoms with Crippen LogP contribution in [0.4, 0.5) is 10.1 Å². The maximum absolute atomic E-state index is 13.5. The van der Waals surface area contributed by atoms with Crippen molar-refractivity contribution in [2.75, 3.05) is 25.5 Å². The van der Waals surface area contributed by atoms with Gasteiger partial charge in [0, 0.05) is 18.3 Å². The van der Waals surface area contributed by atoms with Crippen molar-refractivity contribution >= 4 is 11.6 Å². The van der Waals surface area contributed by atoms with Crippen LogP contribution in [-0.2, 0) is 4.79 Å². The monoisotopic (exact) mass is 308 g/mol. The number of nitrogens with zero attached hydrogens (tertiary/aromatic N) is 1. The SMILES string of the molecule is Cc1ccc(NC(=O)CN(C)C2CCC(CO)CC2)cc1F. The van der Waals surface area contributed by atoms with Crippen LogP contribution in [0.25, 0.3) is 0 Å². The number of benzene rings is 1. The molecule has 0 heterocycles. The average molecular weight is 308 g/mol. The number of hydrogen-bond acceptors (Lipinski definition) is 3. The van der Waals surface area contributed by atoms with E-state index >= 15 is 0 Å². The van der Waals surface area contributed by atoms with E-state index in [9.17, 15) is 9.18 Å². The van der Waals surface area contributed by atoms with E-state index in [-0.39, 0.29) is 18.3 Å². The number of nitrogens with one attached hydrogen (secondary N) is 1. The Kier molecular flexibility index (Phi) is 5.91. The van der Waals surface area contributed by atoms with Crippen molar-refractivity contribution in [3.8, 4) is 0 Å². The van der Waals surface area contributed by atoms with Gasteiger partial charge in [0.05, 0.1) is 6.54 Å². The van der Waals surface area contributed by atoms with Crippen molar-refractivity contribution < 1.29 is 14.3 Å². The molecule has 0 aliphatic heterocycles. The summed E-state index contributed by atoms with van der Waals surface area (Å²) in [6, 6.07) is 5.09. The Labute approximate surface area is 131 Å². The van der Waals surface area contributed by atoms with Gasteiger partial charge in [-0.2, -0.15) is 0 Å². The number of amides is 1. The standard InChI is InChI=1S/C17H25FN2O2/c1-12-3-6-14(9-16(12)18)19-17(22)10-20(2)15-7-4-13(11-21)5-8-15/h3,6,9,13,15,21H,4-5,7-8,10-11H2,1-2H3,(H,19,22). The first-order chi connectivity index (χ1) is 10.5. The Morgan fingerprint density at radius 1 is 1.36 bits per heavy atom. The molecule has 2 rings (SSSR count). The second-order valence-electron chi connectivity index (χ2n) is 6.28. The zero-order valence-corrected chi connectivity index (χ0v) is 13.3. The highest BCUT2D eigenvalue weighted by Crippen LogP contribution is 2.26. The van der Waals surface area contributed by atoms with Gasteiger partial charge >= 0.3 is 0 Å². The number of aryl methyl sites for hydroxylation is 1. The lowest BCUT2D eigenvalue weighted by molar-refractivity contribution is -0.117. The summed E-state index contributed by atoms with van der Waals surface area (Å²) in [4.78, 5) is 14.1. The summed E-state index contributed by atoms with van der Waals surface area (Å²) < 4.78 is 13.5. The summed E-state index contributed by atoms with van der Waals surface area (Å²) in [5, 5.41) is 11.9. The number of aliphatic hydroxyl groups is 1. The first kappa shape index (κ1) is 16.9. The molecule has 0 bridgehead atoms. The largest absolute Gasteiger partial charge is 0.396 e. The Balaban J connectivity index is 1.82. The highest BCUT2D eigenvalue weighted by molar-refractivity contribution is 5.92. The van der Waals surface area contributed by atoms with Gasteiger partial charge in [-0.05, 0) is 63.3 Å². The predicted molar refractivity (Wildman–Crippen MR) is 85.2 cm³/mol. The van der Waals surface area contributed by atoms with Crippen molar-refractivity contribution in [2.45, 2.75) is 38.6 Å². The van der Waals surface area contributed by atoms with Crippen LogP contribution in [0.15, 0.2) is 18.2 Å². The van der Waals surface area contributed by atoms with Crippen LogP contribution >= 0.6 is 0 Å². The zero-order valence-electron chi connectivity index (χ0n) is 13.3. The van der Waals surface area contributed by atoms with E-state index < -0.39 is 0 Å². The van der Waals surface area contributed by atoms with E-state index in [2.05, 4.69) is 5.32 Å². The maximum Gasteiger partial charge on any atom is 0.238 e. The van der Waals surface area contributed by atoms with E-state index in [1.165, 1.54) is 6.07 Å². The van der Waals surface area contributed by atoms with Crippen molar-refractivity contribution in [1.29, 1.82) is 0 Å². The first-order valence-corrected chi connectivity index (χ1v) is 7.86. The fraction of sp³-hybridized carbons (Fsp3) is 0.588. The lowest BCUT2D eigenvalue weighted by Gasteiger charge is -2.33. The van der Waals surface area contributed by atoms with Crippen LogP contribution < -0.4 is 5.32 Å². The maximum atomic E-state index is 13.5. The van der Waals surface area contributed by atoms with Crippen molar-refractivity contribution in [2.24, 2.45) is 5.92 Å². The van der Waals surface area contributed by atoms with Crippen LogP contribution in [0, 0.1) is 18.7 Å². The van der Waals surface area contributed by atoms with Crippen LogP contribution in [0.2, 0.25) is 0 Å². The number of carbonyl (C=O) groups is 1. The normalized spacial score (nSPS) is 21.9. The molecule has 4 nitrogen and oxygen atoms in total. The summed E-state index contributed by atoms with van der Waals surface area (Å²) in [6.45, 7) is 2.25. The van der Waals surface area contributed by atoms with Crippen LogP contribution in [0.5, 0.6) is 0 Å². The summed E-state index contributed by atoms with van der Waals surface area (Å²) in [5.41, 5.74) is 1.06. The van der Waals surface area contributed by atoms with E-state index in [4.69, 9.17) is 5.11 Å². The fourth-order valence-electron chi connectivity index (χ4n) is 2.99. The Morgan fingerprint density at radius 2 is 2.05 bits per heavy atom. The Hall–Kier alpha value is -1.46. The molecule has 0 aromatic heterocycles. The highest BCUT2D eigenvalue weighted by Gasteiger charge is 2.24. The van der Waals surface area contributed by atoms with E-state index in [0.717, 1.165) is 25.7 Å². The van der Waals surface area contributed by atoms with Crippen LogP contribution in [-0.4, -0.2) is 42.2 Å². The smallest absolute Gasteiger partial charge is 0.238 e. The molecule has 1 saturated carbocycles. The van der Waals surface area contributed by atoms with Gasteiger partial charge in [-0.15, -0.1) is 0 Å². The third-order valence-corrected chi connectivity index (χ3v) is 4.55. The molecule has 122 valence electrons. The molecule has 22 heavy (non-hydrogen) atoms. The molecule has 0 spiro atoms. The summed E-state index contributed by atoms with van der Waals surface area (Å²) in [5.74, 6) is -0.0301. The zero-order chi connectivity index (χ0) is 16.1. The lowest BCUT2D eigenvalue weighted by Crippen LogP contribution is -2.40. The number of halogens is 1. The average Bonchev–Trinajstić information content (AvgIpc) is 2.51. The molecule has 2 N–H and O–H groups in total. The fourth-order valence-corrected chi connectivity index (χ4v) is 2.99. The Morgan fingerprint density at radius 3 is 2.64 bits per heavy atom. The molecule has 5 heteroatoms. The summed E-state index contributed by atoms with van der Waals surface area (Å²) >= 11 is 0. The minimum atomic E-state index is -0.312. The van der Waals surface area contributed by atoms with Gasteiger partial charge < -0.3 is 10.4 Å². The lowest BCUT2D eigenvalue weighted by atomic mass is 9.86. The summed E-state index contributed by atoms with van der Waals surface area (Å²) in [7, 11) is 1.94. The molecule has 1 aliphatic carbocycles. The quantitative estimate of drug-likeness (QED) is 0.879. The molecule has 0 saturated heterocycles. The number of likely N-dealkylation sites (N-methyl/N-ethyl adjacent to an activating group) is 1. The van der Waals surface area contributed by atoms with Gasteiger partial charge in [0.1, 0.15) is 5.82 Å². The Bertz CT molecular complexity index is 513. The number of rotatable bonds is 5. The van der Waals surface area contributed by atoms with Crippen molar-refractivity contribution in [3.63, 3.8) is 0 Å². The number of anilines is 1. The summed E-state index contributed by atoms with van der Waals surface area (Å²) in [6.07, 6.45) is 4.04. The third kappa shape index (κ3) is 4.52.